The van der Waals surface area contributed by atoms with Gasteiger partial charge < -0.3 is 25.0 Å². The molecule has 256 valence electrons. The van der Waals surface area contributed by atoms with Gasteiger partial charge in [-0.3, -0.25) is 14.4 Å². The zero-order valence-electron chi connectivity index (χ0n) is 26.5. The van der Waals surface area contributed by atoms with Crippen LogP contribution in [0.2, 0.25) is 0 Å². The highest BCUT2D eigenvalue weighted by Crippen LogP contribution is 2.46. The third-order valence-corrected chi connectivity index (χ3v) is 9.11. The lowest BCUT2D eigenvalue weighted by molar-refractivity contribution is -0.192. The van der Waals surface area contributed by atoms with E-state index in [1.807, 2.05) is 0 Å². The van der Waals surface area contributed by atoms with Crippen LogP contribution in [0.3, 0.4) is 0 Å². The molecule has 6 rings (SSSR count). The molecule has 1 saturated carbocycles. The Balaban J connectivity index is 1.16. The first-order valence-electron chi connectivity index (χ1n) is 15.6. The van der Waals surface area contributed by atoms with E-state index in [1.165, 1.54) is 18.2 Å². The number of aryl methyl sites for hydroxylation is 2. The highest BCUT2D eigenvalue weighted by atomic mass is 19.4. The van der Waals surface area contributed by atoms with Gasteiger partial charge >= 0.3 is 18.4 Å². The Morgan fingerprint density at radius 2 is 1.71 bits per heavy atom. The summed E-state index contributed by atoms with van der Waals surface area (Å²) in [7, 11) is 0. The van der Waals surface area contributed by atoms with Gasteiger partial charge in [0, 0.05) is 24.2 Å². The van der Waals surface area contributed by atoms with E-state index in [0.717, 1.165) is 12.1 Å². The molecule has 0 aromatic heterocycles. The Labute approximate surface area is 272 Å². The van der Waals surface area contributed by atoms with Crippen LogP contribution in [0, 0.1) is 5.82 Å². The van der Waals surface area contributed by atoms with Crippen LogP contribution in [0.4, 0.5) is 32.8 Å². The number of alkyl halides is 3. The molecule has 4 aliphatic rings. The number of rotatable bonds is 5. The molecule has 2 aliphatic heterocycles. The smallest absolute Gasteiger partial charge is 0.418 e. The topological polar surface area (TPSA) is 134 Å². The molecule has 15 heteroatoms. The van der Waals surface area contributed by atoms with Gasteiger partial charge in [-0.05, 0) is 93.8 Å². The Morgan fingerprint density at radius 3 is 2.38 bits per heavy atom. The van der Waals surface area contributed by atoms with Crippen LogP contribution in [-0.4, -0.2) is 69.6 Å². The molecule has 2 aliphatic carbocycles. The summed E-state index contributed by atoms with van der Waals surface area (Å²) in [6.07, 6.45) is -6.22. The summed E-state index contributed by atoms with van der Waals surface area (Å²) >= 11 is 0. The Kier molecular flexibility index (Phi) is 7.94. The number of nitrogens with one attached hydrogen (secondary N) is 2. The number of hydrogen-bond acceptors (Lipinski definition) is 7. The van der Waals surface area contributed by atoms with E-state index in [4.69, 9.17) is 9.47 Å². The summed E-state index contributed by atoms with van der Waals surface area (Å²) in [5.74, 6) is -3.05. The van der Waals surface area contributed by atoms with Gasteiger partial charge in [0.25, 0.3) is 5.91 Å². The highest BCUT2D eigenvalue weighted by molar-refractivity contribution is 6.07. The van der Waals surface area contributed by atoms with Crippen molar-refractivity contribution in [3.63, 3.8) is 0 Å². The van der Waals surface area contributed by atoms with E-state index >= 15 is 0 Å². The molecule has 5 amide bonds. The number of halogens is 4. The lowest BCUT2D eigenvalue weighted by atomic mass is 9.94. The van der Waals surface area contributed by atoms with Crippen LogP contribution in [0.25, 0.3) is 0 Å². The van der Waals surface area contributed by atoms with E-state index in [1.54, 1.807) is 26.8 Å². The number of nitrogens with zero attached hydrogens (tertiary/aromatic N) is 2. The molecule has 2 N–H and O–H groups in total. The van der Waals surface area contributed by atoms with Crippen LogP contribution in [0.15, 0.2) is 36.4 Å². The number of benzene rings is 2. The van der Waals surface area contributed by atoms with Gasteiger partial charge in [0.2, 0.25) is 17.4 Å². The number of alkyl carbamates (subject to hydrolysis) is 1. The van der Waals surface area contributed by atoms with E-state index in [9.17, 15) is 41.5 Å². The standard InChI is InChI=1S/C33H34F4N4O7/c1-30(2,3)47-28(45)39-31(12-13-31)26(43)38-22-7-8-23-19(15-22)10-11-32(23)27(44)41(29(46)48-32)17-25(42)40-16-20-4-6-21(34)14-18(20)5-9-24(40)33(35,36)37/h4,6-8,14-15,24H,5,9-13,16-17H2,1-3H3,(H,38,43)(H,39,45)/t24-,32?/m0/s1. The average molecular weight is 675 g/mol. The first-order valence-corrected chi connectivity index (χ1v) is 15.6. The number of carbonyl (C=O) groups is 5. The molecule has 2 fully saturated rings. The highest BCUT2D eigenvalue weighted by Gasteiger charge is 2.59. The molecule has 48 heavy (non-hydrogen) atoms. The number of hydrogen-bond donors (Lipinski definition) is 2. The van der Waals surface area contributed by atoms with Crippen molar-refractivity contribution in [2.75, 3.05) is 11.9 Å². The minimum Gasteiger partial charge on any atom is -0.444 e. The van der Waals surface area contributed by atoms with Gasteiger partial charge in [0.1, 0.15) is 29.5 Å². The molecule has 1 spiro atoms. The van der Waals surface area contributed by atoms with Gasteiger partial charge in [-0.1, -0.05) is 12.1 Å². The second-order valence-electron chi connectivity index (χ2n) is 13.7. The van der Waals surface area contributed by atoms with E-state index < -0.39 is 84.2 Å². The Hall–Kier alpha value is -4.69. The predicted molar refractivity (Wildman–Crippen MR) is 160 cm³/mol. The molecule has 1 unspecified atom stereocenters. The van der Waals surface area contributed by atoms with Crippen molar-refractivity contribution >= 4 is 35.6 Å². The fraction of sp³-hybridized carbons (Fsp3) is 0.485. The predicted octanol–water partition coefficient (Wildman–Crippen LogP) is 4.85. The summed E-state index contributed by atoms with van der Waals surface area (Å²) in [5.41, 5.74) is -1.68. The fourth-order valence-electron chi connectivity index (χ4n) is 6.57. The van der Waals surface area contributed by atoms with Crippen molar-refractivity contribution in [3.8, 4) is 0 Å². The fourth-order valence-corrected chi connectivity index (χ4v) is 6.57. The lowest BCUT2D eigenvalue weighted by Gasteiger charge is -2.32. The molecular formula is C33H34F4N4O7. The number of ether oxygens (including phenoxy) is 2. The Morgan fingerprint density at radius 1 is 0.979 bits per heavy atom. The van der Waals surface area contributed by atoms with Crippen molar-refractivity contribution in [2.24, 2.45) is 0 Å². The van der Waals surface area contributed by atoms with Gasteiger partial charge in [0.05, 0.1) is 0 Å². The largest absolute Gasteiger partial charge is 0.444 e. The third-order valence-electron chi connectivity index (χ3n) is 9.11. The third kappa shape index (κ3) is 6.17. The van der Waals surface area contributed by atoms with E-state index in [-0.39, 0.29) is 19.3 Å². The van der Waals surface area contributed by atoms with Crippen molar-refractivity contribution < 1.29 is 51.0 Å². The monoisotopic (exact) mass is 674 g/mol. The molecule has 11 nitrogen and oxygen atoms in total. The second-order valence-corrected chi connectivity index (χ2v) is 13.7. The average Bonchev–Trinajstić information content (AvgIpc) is 3.66. The minimum absolute atomic E-state index is 0.0208. The molecular weight excluding hydrogens is 640 g/mol. The number of anilines is 1. The van der Waals surface area contributed by atoms with Crippen molar-refractivity contribution in [2.45, 2.75) is 94.8 Å². The van der Waals surface area contributed by atoms with Crippen molar-refractivity contribution in [1.29, 1.82) is 0 Å². The summed E-state index contributed by atoms with van der Waals surface area (Å²) in [5, 5.41) is 5.39. The quantitative estimate of drug-likeness (QED) is 0.434. The maximum Gasteiger partial charge on any atom is 0.418 e. The minimum atomic E-state index is -4.81. The zero-order chi connectivity index (χ0) is 34.8. The summed E-state index contributed by atoms with van der Waals surface area (Å²) in [6, 6.07) is 5.99. The maximum atomic E-state index is 14.1. The van der Waals surface area contributed by atoms with E-state index in [0.29, 0.717) is 50.6 Å². The summed E-state index contributed by atoms with van der Waals surface area (Å²) in [6.45, 7) is 3.66. The zero-order valence-corrected chi connectivity index (χ0v) is 26.5. The lowest BCUT2D eigenvalue weighted by Crippen LogP contribution is -2.52. The Bertz CT molecular complexity index is 1720. The van der Waals surface area contributed by atoms with Crippen LogP contribution in [0.1, 0.15) is 68.7 Å². The molecule has 2 atom stereocenters. The normalized spacial score (nSPS) is 22.9. The van der Waals surface area contributed by atoms with Gasteiger partial charge in [0.15, 0.2) is 0 Å². The first kappa shape index (κ1) is 33.2. The molecule has 0 radical (unpaired) electrons. The number of amides is 5. The molecule has 0 bridgehead atoms. The van der Waals surface area contributed by atoms with Crippen LogP contribution >= 0.6 is 0 Å². The van der Waals surface area contributed by atoms with Crippen molar-refractivity contribution in [3.05, 3.63) is 64.5 Å². The van der Waals surface area contributed by atoms with Crippen LogP contribution in [0.5, 0.6) is 0 Å². The van der Waals surface area contributed by atoms with Crippen LogP contribution < -0.4 is 10.6 Å². The number of imide groups is 1. The number of fused-ring (bicyclic) bond motifs is 3. The second kappa shape index (κ2) is 11.5. The number of carbonyl (C=O) groups excluding carboxylic acids is 5. The summed E-state index contributed by atoms with van der Waals surface area (Å²) < 4.78 is 67.0. The van der Waals surface area contributed by atoms with Gasteiger partial charge in [-0.15, -0.1) is 0 Å². The molecule has 2 aromatic rings. The molecule has 1 saturated heterocycles. The SMILES string of the molecule is CC(C)(C)OC(=O)NC1(C(=O)Nc2ccc3c(c2)CCC32OC(=O)N(CC(=O)N3Cc4ccc(F)cc4CC[C@H]3C(F)(F)F)C2=O)CC1. The maximum absolute atomic E-state index is 14.1. The molecule has 2 heterocycles. The molecule has 2 aromatic carbocycles. The van der Waals surface area contributed by atoms with Gasteiger partial charge in [-0.25, -0.2) is 18.9 Å². The van der Waals surface area contributed by atoms with Crippen LogP contribution in [-0.2, 0) is 48.8 Å². The van der Waals surface area contributed by atoms with E-state index in [2.05, 4.69) is 10.6 Å². The van der Waals surface area contributed by atoms with Gasteiger partial charge in [-0.2, -0.15) is 13.2 Å². The van der Waals surface area contributed by atoms with Crippen molar-refractivity contribution in [1.82, 2.24) is 15.1 Å². The summed E-state index contributed by atoms with van der Waals surface area (Å²) in [4.78, 5) is 66.6. The first-order chi connectivity index (χ1) is 22.4.